The number of methoxy groups -OCH3 is 1. The molecule has 0 aliphatic carbocycles. The van der Waals surface area contributed by atoms with E-state index in [-0.39, 0.29) is 24.8 Å². The number of carbonyl (C=O) groups excluding carboxylic acids is 1. The molecule has 1 fully saturated rings. The zero-order chi connectivity index (χ0) is 21.3. The fourth-order valence-corrected chi connectivity index (χ4v) is 5.05. The van der Waals surface area contributed by atoms with Crippen molar-refractivity contribution in [2.24, 2.45) is 0 Å². The summed E-state index contributed by atoms with van der Waals surface area (Å²) in [5.41, 5.74) is -0.0751. The smallest absolute Gasteiger partial charge is 0.410 e. The maximum absolute atomic E-state index is 12.8. The molecule has 0 saturated carbocycles. The number of amides is 1. The zero-order valence-electron chi connectivity index (χ0n) is 16.5. The summed E-state index contributed by atoms with van der Waals surface area (Å²) in [4.78, 5) is 18.4. The number of sulfonamides is 1. The molecule has 0 spiro atoms. The number of ether oxygens (including phenoxy) is 2. The predicted molar refractivity (Wildman–Crippen MR) is 110 cm³/mol. The molecule has 2 atom stereocenters. The van der Waals surface area contributed by atoms with Gasteiger partial charge in [0, 0.05) is 20.2 Å². The van der Waals surface area contributed by atoms with E-state index in [1.54, 1.807) is 32.9 Å². The maximum atomic E-state index is 12.8. The fraction of sp³-hybridized carbons (Fsp3) is 0.647. The van der Waals surface area contributed by atoms with Crippen LogP contribution in [0.25, 0.3) is 0 Å². The summed E-state index contributed by atoms with van der Waals surface area (Å²) < 4.78 is 37.6. The van der Waals surface area contributed by atoms with Crippen molar-refractivity contribution < 1.29 is 22.7 Å². The van der Waals surface area contributed by atoms with E-state index in [1.807, 2.05) is 0 Å². The number of hydrogen-bond acceptors (Lipinski definition) is 6. The Bertz CT molecular complexity index is 810. The van der Waals surface area contributed by atoms with Crippen molar-refractivity contribution in [2.45, 2.75) is 38.5 Å². The van der Waals surface area contributed by atoms with Crippen molar-refractivity contribution in [1.29, 1.82) is 0 Å². The van der Waals surface area contributed by atoms with Crippen molar-refractivity contribution in [3.05, 3.63) is 27.5 Å². The molecule has 8 nitrogen and oxygen atoms in total. The Morgan fingerprint density at radius 1 is 1.36 bits per heavy atom. The molecule has 0 bridgehead atoms. The molecular formula is C17H25BrClN3O5S. The van der Waals surface area contributed by atoms with Crippen LogP contribution in [0.2, 0.25) is 5.15 Å². The summed E-state index contributed by atoms with van der Waals surface area (Å²) in [7, 11) is -2.07. The van der Waals surface area contributed by atoms with Crippen LogP contribution in [0.15, 0.2) is 16.7 Å². The van der Waals surface area contributed by atoms with Crippen LogP contribution in [0.5, 0.6) is 0 Å². The first-order valence-electron chi connectivity index (χ1n) is 8.62. The molecule has 1 aromatic rings. The lowest BCUT2D eigenvalue weighted by Gasteiger charge is -2.46. The van der Waals surface area contributed by atoms with Crippen LogP contribution in [-0.2, 0) is 19.5 Å². The number of nitrogens with zero attached hydrogens (tertiary/aromatic N) is 3. The van der Waals surface area contributed by atoms with Gasteiger partial charge in [0.25, 0.3) is 0 Å². The van der Waals surface area contributed by atoms with Gasteiger partial charge in [-0.15, -0.1) is 0 Å². The van der Waals surface area contributed by atoms with Gasteiger partial charge in [0.2, 0.25) is 10.0 Å². The molecule has 28 heavy (non-hydrogen) atoms. The fourth-order valence-electron chi connectivity index (χ4n) is 3.19. The Balaban J connectivity index is 2.54. The first-order valence-corrected chi connectivity index (χ1v) is 11.6. The summed E-state index contributed by atoms with van der Waals surface area (Å²) in [6.07, 6.45) is 0.622. The normalized spacial score (nSPS) is 21.6. The van der Waals surface area contributed by atoms with Gasteiger partial charge < -0.3 is 9.47 Å². The molecule has 2 rings (SSSR count). The standard InChI is InChI=1S/C17H25BrClN3O5S/c1-17(2,3)27-16(23)21-6-7-22(28(5,24)25)15(12(21)10-26-4)11-8-13(18)20-14(19)9-11/h8-9,12,15H,6-7,10H2,1-5H3/t12-,15-/m0/s1. The molecule has 1 aromatic heterocycles. The van der Waals surface area contributed by atoms with Crippen molar-refractivity contribution in [3.8, 4) is 0 Å². The van der Waals surface area contributed by atoms with Crippen LogP contribution in [0, 0.1) is 0 Å². The molecule has 0 radical (unpaired) electrons. The maximum Gasteiger partial charge on any atom is 0.410 e. The van der Waals surface area contributed by atoms with E-state index in [4.69, 9.17) is 21.1 Å². The molecule has 1 amide bonds. The van der Waals surface area contributed by atoms with E-state index >= 15 is 0 Å². The minimum absolute atomic E-state index is 0.119. The third-order valence-electron chi connectivity index (χ3n) is 4.15. The molecule has 1 aliphatic rings. The number of halogens is 2. The van der Waals surface area contributed by atoms with Gasteiger partial charge in [-0.05, 0) is 54.4 Å². The summed E-state index contributed by atoms with van der Waals surface area (Å²) in [6, 6.07) is 1.98. The molecule has 2 heterocycles. The lowest BCUT2D eigenvalue weighted by atomic mass is 9.97. The second-order valence-corrected chi connectivity index (χ2v) is 10.7. The lowest BCUT2D eigenvalue weighted by Crippen LogP contribution is -2.60. The monoisotopic (exact) mass is 497 g/mol. The molecule has 11 heteroatoms. The van der Waals surface area contributed by atoms with Gasteiger partial charge in [-0.25, -0.2) is 18.2 Å². The van der Waals surface area contributed by atoms with E-state index in [0.717, 1.165) is 6.26 Å². The Labute approximate surface area is 179 Å². The molecule has 1 saturated heterocycles. The van der Waals surface area contributed by atoms with Gasteiger partial charge >= 0.3 is 6.09 Å². The van der Waals surface area contributed by atoms with E-state index in [9.17, 15) is 13.2 Å². The van der Waals surface area contributed by atoms with Gasteiger partial charge in [-0.2, -0.15) is 4.31 Å². The Morgan fingerprint density at radius 2 is 2.00 bits per heavy atom. The summed E-state index contributed by atoms with van der Waals surface area (Å²) in [6.45, 7) is 5.77. The predicted octanol–water partition coefficient (Wildman–Crippen LogP) is 3.07. The highest BCUT2D eigenvalue weighted by Crippen LogP contribution is 2.35. The first-order chi connectivity index (χ1) is 12.8. The number of pyridine rings is 1. The molecule has 0 aromatic carbocycles. The topological polar surface area (TPSA) is 89.0 Å². The van der Waals surface area contributed by atoms with Crippen molar-refractivity contribution in [2.75, 3.05) is 33.1 Å². The number of piperazine rings is 1. The van der Waals surface area contributed by atoms with E-state index in [0.29, 0.717) is 10.2 Å². The minimum atomic E-state index is -3.56. The molecule has 1 aliphatic heterocycles. The molecule has 0 unspecified atom stereocenters. The van der Waals surface area contributed by atoms with Gasteiger partial charge in [0.1, 0.15) is 15.4 Å². The van der Waals surface area contributed by atoms with Crippen molar-refractivity contribution in [1.82, 2.24) is 14.2 Å². The summed E-state index contributed by atoms with van der Waals surface area (Å²) >= 11 is 9.39. The largest absolute Gasteiger partial charge is 0.444 e. The van der Waals surface area contributed by atoms with E-state index in [2.05, 4.69) is 20.9 Å². The van der Waals surface area contributed by atoms with Crippen LogP contribution in [-0.4, -0.2) is 73.4 Å². The van der Waals surface area contributed by atoms with Crippen LogP contribution >= 0.6 is 27.5 Å². The number of hydrogen-bond donors (Lipinski definition) is 0. The zero-order valence-corrected chi connectivity index (χ0v) is 19.6. The quantitative estimate of drug-likeness (QED) is 0.593. The SMILES string of the molecule is COC[C@H]1[C@H](c2cc(Cl)nc(Br)c2)N(S(C)(=O)=O)CCN1C(=O)OC(C)(C)C. The van der Waals surface area contributed by atoms with Gasteiger partial charge in [0.15, 0.2) is 0 Å². The Kier molecular flexibility index (Phi) is 7.36. The molecular weight excluding hydrogens is 474 g/mol. The molecule has 0 N–H and O–H groups in total. The number of aromatic nitrogens is 1. The second-order valence-electron chi connectivity index (χ2n) is 7.56. The Hall–Kier alpha value is -0.940. The Morgan fingerprint density at radius 3 is 2.50 bits per heavy atom. The lowest BCUT2D eigenvalue weighted by molar-refractivity contribution is -0.0225. The molecule has 158 valence electrons. The van der Waals surface area contributed by atoms with Crippen molar-refractivity contribution in [3.63, 3.8) is 0 Å². The first kappa shape index (κ1) is 23.3. The van der Waals surface area contributed by atoms with Gasteiger partial charge in [0.05, 0.1) is 24.9 Å². The van der Waals surface area contributed by atoms with E-state index < -0.39 is 33.8 Å². The number of carbonyl (C=O) groups is 1. The third kappa shape index (κ3) is 5.79. The number of rotatable bonds is 4. The van der Waals surface area contributed by atoms with Crippen LogP contribution in [0.3, 0.4) is 0 Å². The van der Waals surface area contributed by atoms with E-state index in [1.165, 1.54) is 16.3 Å². The van der Waals surface area contributed by atoms with Crippen LogP contribution in [0.1, 0.15) is 32.4 Å². The van der Waals surface area contributed by atoms with Crippen LogP contribution < -0.4 is 0 Å². The minimum Gasteiger partial charge on any atom is -0.444 e. The highest BCUT2D eigenvalue weighted by atomic mass is 79.9. The van der Waals surface area contributed by atoms with Gasteiger partial charge in [-0.3, -0.25) is 4.90 Å². The highest BCUT2D eigenvalue weighted by Gasteiger charge is 2.44. The summed E-state index contributed by atoms with van der Waals surface area (Å²) in [5, 5.41) is 0.211. The van der Waals surface area contributed by atoms with Crippen molar-refractivity contribution >= 4 is 43.6 Å². The van der Waals surface area contributed by atoms with Gasteiger partial charge in [-0.1, -0.05) is 11.6 Å². The second kappa shape index (κ2) is 8.83. The average Bonchev–Trinajstić information content (AvgIpc) is 2.51. The summed E-state index contributed by atoms with van der Waals surface area (Å²) in [5.74, 6) is 0. The highest BCUT2D eigenvalue weighted by molar-refractivity contribution is 9.10. The third-order valence-corrected chi connectivity index (χ3v) is 6.02. The van der Waals surface area contributed by atoms with Crippen LogP contribution in [0.4, 0.5) is 4.79 Å². The average molecular weight is 499 g/mol.